The van der Waals surface area contributed by atoms with Crippen LogP contribution in [-0.2, 0) is 0 Å². The van der Waals surface area contributed by atoms with Gasteiger partial charge in [0.05, 0.1) is 0 Å². The van der Waals surface area contributed by atoms with E-state index in [4.69, 9.17) is 0 Å². The van der Waals surface area contributed by atoms with Gasteiger partial charge in [-0.15, -0.1) is 0 Å². The predicted octanol–water partition coefficient (Wildman–Crippen LogP) is 2.54. The molecule has 1 aromatic rings. The van der Waals surface area contributed by atoms with Crippen LogP contribution in [-0.4, -0.2) is 5.75 Å². The van der Waals surface area contributed by atoms with Gasteiger partial charge >= 0.3 is 0 Å². The number of benzene rings is 1. The van der Waals surface area contributed by atoms with E-state index in [2.05, 4.69) is 36.4 Å². The molecule has 51 valence electrons. The summed E-state index contributed by atoms with van der Waals surface area (Å²) in [7, 11) is 0. The lowest BCUT2D eigenvalue weighted by atomic mass is 10.2. The summed E-state index contributed by atoms with van der Waals surface area (Å²) in [5.74, 6) is 1.18. The Morgan fingerprint density at radius 2 is 2.10 bits per heavy atom. The molecule has 1 heterocycles. The Balaban J connectivity index is 2.54. The lowest BCUT2D eigenvalue weighted by molar-refractivity contribution is 1.40. The minimum absolute atomic E-state index is 1.18. The van der Waals surface area contributed by atoms with E-state index in [1.54, 1.807) is 0 Å². The first-order chi connectivity index (χ1) is 4.97. The third-order valence-electron chi connectivity index (χ3n) is 1.60. The lowest BCUT2D eigenvalue weighted by Crippen LogP contribution is -1.84. The first-order valence-electron chi connectivity index (χ1n) is 3.40. The van der Waals surface area contributed by atoms with Crippen molar-refractivity contribution < 1.29 is 0 Å². The molecule has 10 heavy (non-hydrogen) atoms. The minimum atomic E-state index is 1.18. The zero-order valence-electron chi connectivity index (χ0n) is 5.62. The predicted molar refractivity (Wildman–Crippen MR) is 47.6 cm³/mol. The minimum Gasteiger partial charge on any atom is -0.189 e. The molecule has 1 heteroatoms. The normalized spacial score (nSPS) is 14.8. The van der Waals surface area contributed by atoms with E-state index in [0.29, 0.717) is 0 Å². The third kappa shape index (κ3) is 0.971. The first kappa shape index (κ1) is 6.05. The summed E-state index contributed by atoms with van der Waals surface area (Å²) in [6.45, 7) is 0. The fourth-order valence-electron chi connectivity index (χ4n) is 1.10. The second-order valence-electron chi connectivity index (χ2n) is 2.30. The molecule has 1 radical (unpaired) electrons. The summed E-state index contributed by atoms with van der Waals surface area (Å²) in [6, 6.07) is 8.55. The molecule has 2 rings (SSSR count). The van der Waals surface area contributed by atoms with Gasteiger partial charge in [-0.3, -0.25) is 0 Å². The van der Waals surface area contributed by atoms with Crippen molar-refractivity contribution in [2.45, 2.75) is 4.90 Å². The van der Waals surface area contributed by atoms with Gasteiger partial charge in [-0.2, -0.15) is 11.8 Å². The van der Waals surface area contributed by atoms with Crippen molar-refractivity contribution in [3.05, 3.63) is 35.9 Å². The molecule has 0 aliphatic carbocycles. The van der Waals surface area contributed by atoms with E-state index >= 15 is 0 Å². The molecule has 0 amide bonds. The highest BCUT2D eigenvalue weighted by atomic mass is 32.2. The Labute approximate surface area is 65.0 Å². The smallest absolute Gasteiger partial charge is 0.00441 e. The Hall–Kier alpha value is -0.690. The Bertz CT molecular complexity index is 263. The molecule has 0 fully saturated rings. The Morgan fingerprint density at radius 1 is 1.20 bits per heavy atom. The van der Waals surface area contributed by atoms with E-state index < -0.39 is 0 Å². The van der Waals surface area contributed by atoms with Gasteiger partial charge in [-0.05, 0) is 11.6 Å². The molecule has 0 saturated heterocycles. The average Bonchev–Trinajstić information content (AvgIpc) is 2.05. The molecule has 0 nitrogen and oxygen atoms in total. The van der Waals surface area contributed by atoms with Gasteiger partial charge in [0.25, 0.3) is 0 Å². The largest absolute Gasteiger partial charge is 0.189 e. The van der Waals surface area contributed by atoms with Crippen molar-refractivity contribution in [3.63, 3.8) is 0 Å². The molecular formula is C9H9S. The standard InChI is InChI=1S/C9H9S/c1-2-6-9-8(4-1)5-3-7-10-9/h1-6,10H,7H2. The lowest BCUT2D eigenvalue weighted by Gasteiger charge is -2.08. The summed E-state index contributed by atoms with van der Waals surface area (Å²) in [5.41, 5.74) is 1.38. The molecule has 0 saturated carbocycles. The van der Waals surface area contributed by atoms with Crippen LogP contribution in [0.1, 0.15) is 5.56 Å². The fourth-order valence-corrected chi connectivity index (χ4v) is 2.03. The second kappa shape index (κ2) is 2.51. The van der Waals surface area contributed by atoms with Gasteiger partial charge in [-0.25, -0.2) is 0 Å². The van der Waals surface area contributed by atoms with Crippen LogP contribution in [0.2, 0.25) is 0 Å². The van der Waals surface area contributed by atoms with Crippen molar-refractivity contribution in [3.8, 4) is 0 Å². The third-order valence-corrected chi connectivity index (χ3v) is 2.74. The average molecular weight is 149 g/mol. The quantitative estimate of drug-likeness (QED) is 0.538. The van der Waals surface area contributed by atoms with E-state index in [-0.39, 0.29) is 0 Å². The maximum atomic E-state index is 2.23. The summed E-state index contributed by atoms with van der Waals surface area (Å²) in [5, 5.41) is 0. The number of thiol groups is 1. The van der Waals surface area contributed by atoms with E-state index in [0.717, 1.165) is 0 Å². The van der Waals surface area contributed by atoms with Crippen LogP contribution in [0.4, 0.5) is 0 Å². The zero-order chi connectivity index (χ0) is 6.81. The van der Waals surface area contributed by atoms with Crippen molar-refractivity contribution in [1.82, 2.24) is 0 Å². The molecule has 1 aliphatic heterocycles. The molecule has 1 aromatic carbocycles. The number of rotatable bonds is 0. The summed E-state index contributed by atoms with van der Waals surface area (Å²) >= 11 is 1.44. The highest BCUT2D eigenvalue weighted by Crippen LogP contribution is 2.27. The van der Waals surface area contributed by atoms with Crippen LogP contribution in [0.15, 0.2) is 35.2 Å². The highest BCUT2D eigenvalue weighted by molar-refractivity contribution is 7.99. The Morgan fingerprint density at radius 3 is 3.00 bits per heavy atom. The molecule has 0 aromatic heterocycles. The van der Waals surface area contributed by atoms with Gasteiger partial charge < -0.3 is 0 Å². The van der Waals surface area contributed by atoms with Crippen LogP contribution in [0, 0.1) is 0 Å². The van der Waals surface area contributed by atoms with Gasteiger partial charge in [0.15, 0.2) is 0 Å². The van der Waals surface area contributed by atoms with Crippen LogP contribution < -0.4 is 0 Å². The van der Waals surface area contributed by atoms with Crippen molar-refractivity contribution in [1.29, 1.82) is 0 Å². The first-order valence-corrected chi connectivity index (χ1v) is 4.48. The van der Waals surface area contributed by atoms with Gasteiger partial charge in [0.1, 0.15) is 0 Å². The SMILES string of the molecule is C1=Cc2ccccc2[SH]C1. The molecule has 0 spiro atoms. The van der Waals surface area contributed by atoms with Crippen LogP contribution in [0.25, 0.3) is 6.08 Å². The molecule has 0 unspecified atom stereocenters. The molecule has 0 bridgehead atoms. The fraction of sp³-hybridized carbons (Fsp3) is 0.111. The summed E-state index contributed by atoms with van der Waals surface area (Å²) in [6.07, 6.45) is 4.43. The van der Waals surface area contributed by atoms with Crippen LogP contribution in [0.5, 0.6) is 0 Å². The van der Waals surface area contributed by atoms with Crippen LogP contribution in [0.3, 0.4) is 0 Å². The van der Waals surface area contributed by atoms with Crippen molar-refractivity contribution in [2.75, 3.05) is 5.75 Å². The topological polar surface area (TPSA) is 0 Å². The molecular weight excluding hydrogens is 140 g/mol. The van der Waals surface area contributed by atoms with Gasteiger partial charge in [0, 0.05) is 10.6 Å². The van der Waals surface area contributed by atoms with E-state index in [1.165, 1.54) is 28.0 Å². The van der Waals surface area contributed by atoms with E-state index in [9.17, 15) is 0 Å². The monoisotopic (exact) mass is 149 g/mol. The molecule has 0 N–H and O–H groups in total. The maximum absolute atomic E-state index is 2.23. The second-order valence-corrected chi connectivity index (χ2v) is 3.47. The molecule has 1 aliphatic rings. The van der Waals surface area contributed by atoms with Crippen molar-refractivity contribution >= 4 is 17.8 Å². The highest BCUT2D eigenvalue weighted by Gasteiger charge is 1.99. The van der Waals surface area contributed by atoms with Crippen molar-refractivity contribution in [2.24, 2.45) is 0 Å². The Kier molecular flexibility index (Phi) is 1.52. The number of hydrogen-bond acceptors (Lipinski definition) is 0. The maximum Gasteiger partial charge on any atom is 0.00441 e. The van der Waals surface area contributed by atoms with Gasteiger partial charge in [-0.1, -0.05) is 30.4 Å². The zero-order valence-corrected chi connectivity index (χ0v) is 6.51. The van der Waals surface area contributed by atoms with Gasteiger partial charge in [0.2, 0.25) is 0 Å². The molecule has 0 atom stereocenters. The van der Waals surface area contributed by atoms with Crippen LogP contribution >= 0.6 is 11.8 Å². The van der Waals surface area contributed by atoms with E-state index in [1.807, 2.05) is 0 Å². The summed E-state index contributed by atoms with van der Waals surface area (Å²) < 4.78 is 0. The number of fused-ring (bicyclic) bond motifs is 1. The summed E-state index contributed by atoms with van der Waals surface area (Å²) in [4.78, 5) is 1.46. The number of hydrogen-bond donors (Lipinski definition) is 1.